The third kappa shape index (κ3) is 2.90. The first kappa shape index (κ1) is 11.8. The van der Waals surface area contributed by atoms with E-state index in [-0.39, 0.29) is 12.0 Å². The average molecular weight is 230 g/mol. The summed E-state index contributed by atoms with van der Waals surface area (Å²) in [5.41, 5.74) is 2.18. The lowest BCUT2D eigenvalue weighted by Crippen LogP contribution is -2.25. The molecule has 2 heteroatoms. The lowest BCUT2D eigenvalue weighted by atomic mass is 9.99. The summed E-state index contributed by atoms with van der Waals surface area (Å²) in [5.74, 6) is 0.126. The van der Waals surface area contributed by atoms with Crippen LogP contribution in [0.1, 0.15) is 31.7 Å². The number of benzene rings is 1. The molecule has 0 radical (unpaired) electrons. The van der Waals surface area contributed by atoms with E-state index in [9.17, 15) is 5.11 Å². The Morgan fingerprint density at radius 1 is 1.29 bits per heavy atom. The van der Waals surface area contributed by atoms with E-state index in [4.69, 9.17) is 4.74 Å². The summed E-state index contributed by atoms with van der Waals surface area (Å²) in [5, 5.41) is 9.43. The molecule has 1 atom stereocenters. The standard InChI is InChI=1S/C15H18O2/c1-2-3-9-13-14(17-15(13)16)11-10-12-7-5-4-6-8-12/h4-8,10-11,14,16H,2-3,9H2,1H3/b11-10+. The molecule has 1 unspecified atom stereocenters. The summed E-state index contributed by atoms with van der Waals surface area (Å²) in [4.78, 5) is 0. The van der Waals surface area contributed by atoms with Gasteiger partial charge in [-0.25, -0.2) is 0 Å². The van der Waals surface area contributed by atoms with Gasteiger partial charge in [-0.15, -0.1) is 0 Å². The Kier molecular flexibility index (Phi) is 3.86. The van der Waals surface area contributed by atoms with Gasteiger partial charge in [-0.2, -0.15) is 0 Å². The fourth-order valence-electron chi connectivity index (χ4n) is 1.87. The van der Waals surface area contributed by atoms with Crippen LogP contribution in [0.15, 0.2) is 47.9 Å². The molecule has 0 fully saturated rings. The fraction of sp³-hybridized carbons (Fsp3) is 0.333. The molecular weight excluding hydrogens is 212 g/mol. The molecule has 17 heavy (non-hydrogen) atoms. The van der Waals surface area contributed by atoms with Crippen molar-refractivity contribution in [3.8, 4) is 0 Å². The van der Waals surface area contributed by atoms with E-state index in [1.165, 1.54) is 0 Å². The lowest BCUT2D eigenvalue weighted by molar-refractivity contribution is 0.0121. The molecule has 1 heterocycles. The van der Waals surface area contributed by atoms with E-state index in [1.807, 2.05) is 42.5 Å². The van der Waals surface area contributed by atoms with Crippen molar-refractivity contribution in [2.75, 3.05) is 0 Å². The molecule has 1 aliphatic heterocycles. The highest BCUT2D eigenvalue weighted by Crippen LogP contribution is 2.30. The molecule has 0 saturated carbocycles. The van der Waals surface area contributed by atoms with Crippen LogP contribution in [0.2, 0.25) is 0 Å². The van der Waals surface area contributed by atoms with Gasteiger partial charge in [0.1, 0.15) is 6.10 Å². The van der Waals surface area contributed by atoms with E-state index in [0.717, 1.165) is 30.4 Å². The van der Waals surface area contributed by atoms with Crippen LogP contribution in [-0.4, -0.2) is 11.2 Å². The van der Waals surface area contributed by atoms with E-state index in [1.54, 1.807) is 0 Å². The molecular formula is C15H18O2. The van der Waals surface area contributed by atoms with Gasteiger partial charge in [-0.05, 0) is 24.5 Å². The number of ether oxygens (including phenoxy) is 1. The van der Waals surface area contributed by atoms with Gasteiger partial charge in [0, 0.05) is 0 Å². The highest BCUT2D eigenvalue weighted by atomic mass is 16.6. The van der Waals surface area contributed by atoms with E-state index >= 15 is 0 Å². The Morgan fingerprint density at radius 3 is 2.71 bits per heavy atom. The van der Waals surface area contributed by atoms with Crippen molar-refractivity contribution in [2.45, 2.75) is 32.3 Å². The van der Waals surface area contributed by atoms with Gasteiger partial charge in [0.05, 0.1) is 5.57 Å². The minimum Gasteiger partial charge on any atom is -0.481 e. The van der Waals surface area contributed by atoms with Crippen LogP contribution in [0, 0.1) is 0 Å². The van der Waals surface area contributed by atoms with Crippen LogP contribution >= 0.6 is 0 Å². The van der Waals surface area contributed by atoms with Crippen LogP contribution in [0.25, 0.3) is 6.08 Å². The normalized spacial score (nSPS) is 19.2. The van der Waals surface area contributed by atoms with E-state index in [2.05, 4.69) is 6.92 Å². The molecule has 0 amide bonds. The first-order chi connectivity index (χ1) is 8.31. The van der Waals surface area contributed by atoms with Gasteiger partial charge >= 0.3 is 0 Å². The molecule has 1 aliphatic rings. The molecule has 0 spiro atoms. The van der Waals surface area contributed by atoms with Crippen LogP contribution in [0.4, 0.5) is 0 Å². The zero-order valence-corrected chi connectivity index (χ0v) is 10.1. The molecule has 0 aliphatic carbocycles. The van der Waals surface area contributed by atoms with Crippen LogP contribution in [0.5, 0.6) is 0 Å². The third-order valence-corrected chi connectivity index (χ3v) is 2.92. The fourth-order valence-corrected chi connectivity index (χ4v) is 1.87. The summed E-state index contributed by atoms with van der Waals surface area (Å²) in [7, 11) is 0. The number of unbranched alkanes of at least 4 members (excludes halogenated alkanes) is 1. The zero-order chi connectivity index (χ0) is 12.1. The number of hydrogen-bond acceptors (Lipinski definition) is 2. The van der Waals surface area contributed by atoms with Gasteiger partial charge in [0.15, 0.2) is 0 Å². The monoisotopic (exact) mass is 230 g/mol. The predicted octanol–water partition coefficient (Wildman–Crippen LogP) is 4.06. The second-order valence-electron chi connectivity index (χ2n) is 4.24. The maximum absolute atomic E-state index is 9.43. The highest BCUT2D eigenvalue weighted by molar-refractivity contribution is 5.51. The van der Waals surface area contributed by atoms with Gasteiger partial charge < -0.3 is 9.84 Å². The van der Waals surface area contributed by atoms with Gasteiger partial charge in [0.2, 0.25) is 0 Å². The summed E-state index contributed by atoms with van der Waals surface area (Å²) in [6.07, 6.45) is 7.14. The van der Waals surface area contributed by atoms with Crippen LogP contribution in [0.3, 0.4) is 0 Å². The maximum Gasteiger partial charge on any atom is 0.280 e. The highest BCUT2D eigenvalue weighted by Gasteiger charge is 2.28. The first-order valence-electron chi connectivity index (χ1n) is 6.13. The first-order valence-corrected chi connectivity index (χ1v) is 6.13. The Balaban J connectivity index is 1.95. The molecule has 0 aromatic heterocycles. The molecule has 0 bridgehead atoms. The number of aliphatic hydroxyl groups excluding tert-OH is 1. The second kappa shape index (κ2) is 5.58. The minimum atomic E-state index is -0.0400. The summed E-state index contributed by atoms with van der Waals surface area (Å²) < 4.78 is 5.22. The van der Waals surface area contributed by atoms with Crippen molar-refractivity contribution < 1.29 is 9.84 Å². The summed E-state index contributed by atoms with van der Waals surface area (Å²) >= 11 is 0. The Morgan fingerprint density at radius 2 is 2.06 bits per heavy atom. The summed E-state index contributed by atoms with van der Waals surface area (Å²) in [6, 6.07) is 10.1. The van der Waals surface area contributed by atoms with Crippen molar-refractivity contribution in [1.82, 2.24) is 0 Å². The zero-order valence-electron chi connectivity index (χ0n) is 10.1. The quantitative estimate of drug-likeness (QED) is 0.826. The van der Waals surface area contributed by atoms with Crippen LogP contribution in [-0.2, 0) is 4.74 Å². The topological polar surface area (TPSA) is 29.5 Å². The smallest absolute Gasteiger partial charge is 0.280 e. The largest absolute Gasteiger partial charge is 0.481 e. The van der Waals surface area contributed by atoms with E-state index in [0.29, 0.717) is 0 Å². The predicted molar refractivity (Wildman–Crippen MR) is 69.5 cm³/mol. The molecule has 90 valence electrons. The molecule has 2 nitrogen and oxygen atoms in total. The van der Waals surface area contributed by atoms with Gasteiger partial charge in [0.25, 0.3) is 5.95 Å². The Labute approximate surface area is 102 Å². The van der Waals surface area contributed by atoms with Crippen molar-refractivity contribution >= 4 is 6.08 Å². The molecule has 1 N–H and O–H groups in total. The van der Waals surface area contributed by atoms with E-state index < -0.39 is 0 Å². The molecule has 1 aromatic rings. The number of hydrogen-bond donors (Lipinski definition) is 1. The average Bonchev–Trinajstić information content (AvgIpc) is 2.36. The summed E-state index contributed by atoms with van der Waals surface area (Å²) in [6.45, 7) is 2.14. The third-order valence-electron chi connectivity index (χ3n) is 2.92. The Hall–Kier alpha value is -1.70. The SMILES string of the molecule is CCCCC1=C(O)OC1/C=C/c1ccccc1. The van der Waals surface area contributed by atoms with Crippen LogP contribution < -0.4 is 0 Å². The molecule has 1 aromatic carbocycles. The number of rotatable bonds is 5. The van der Waals surface area contributed by atoms with Gasteiger partial charge in [-0.1, -0.05) is 49.8 Å². The second-order valence-corrected chi connectivity index (χ2v) is 4.24. The lowest BCUT2D eigenvalue weighted by Gasteiger charge is -2.28. The maximum atomic E-state index is 9.43. The van der Waals surface area contributed by atoms with Crippen molar-refractivity contribution in [2.24, 2.45) is 0 Å². The van der Waals surface area contributed by atoms with Crippen molar-refractivity contribution in [3.63, 3.8) is 0 Å². The molecule has 0 saturated heterocycles. The minimum absolute atomic E-state index is 0.0400. The Bertz CT molecular complexity index is 418. The molecule has 2 rings (SSSR count). The van der Waals surface area contributed by atoms with Crippen molar-refractivity contribution in [1.29, 1.82) is 0 Å². The number of aliphatic hydroxyl groups is 1. The van der Waals surface area contributed by atoms with Crippen molar-refractivity contribution in [3.05, 3.63) is 53.5 Å². The van der Waals surface area contributed by atoms with Gasteiger partial charge in [-0.3, -0.25) is 0 Å².